The molecule has 4 rings (SSSR count). The monoisotopic (exact) mass is 1220 g/mol. The van der Waals surface area contributed by atoms with Crippen LogP contribution in [0.5, 0.6) is 17.2 Å². The summed E-state index contributed by atoms with van der Waals surface area (Å²) in [5.41, 5.74) is -2.99. The number of alkyl halides is 12. The largest absolute Gasteiger partial charge is 0.864 e. The molecule has 1 atom stereocenters. The second-order valence-electron chi connectivity index (χ2n) is 23.0. The van der Waals surface area contributed by atoms with Gasteiger partial charge in [-0.05, 0) is 112 Å². The molecule has 0 aliphatic rings. The Bertz CT molecular complexity index is 2190. The fourth-order valence-electron chi connectivity index (χ4n) is 11.0. The highest BCUT2D eigenvalue weighted by Crippen LogP contribution is 2.44. The summed E-state index contributed by atoms with van der Waals surface area (Å²) in [6, 6.07) is 17.5. The lowest BCUT2D eigenvalue weighted by Crippen LogP contribution is -2.53. The van der Waals surface area contributed by atoms with E-state index in [2.05, 4.69) is 33.8 Å². The average molecular weight is 1220 g/mol. The van der Waals surface area contributed by atoms with E-state index >= 15 is 13.2 Å². The van der Waals surface area contributed by atoms with Crippen LogP contribution in [0.3, 0.4) is 0 Å². The van der Waals surface area contributed by atoms with Crippen LogP contribution in [0.1, 0.15) is 267 Å². The predicted octanol–water partition coefficient (Wildman–Crippen LogP) is 24.2. The van der Waals surface area contributed by atoms with Crippen molar-refractivity contribution in [3.8, 4) is 17.2 Å². The van der Waals surface area contributed by atoms with Gasteiger partial charge in [-0.3, -0.25) is 0 Å². The first kappa shape index (κ1) is 74.7. The Hall–Kier alpha value is -4.54. The summed E-state index contributed by atoms with van der Waals surface area (Å²) in [7, 11) is -1.83. The predicted molar refractivity (Wildman–Crippen MR) is 320 cm³/mol. The number of halogens is 12. The molecule has 0 radical (unpaired) electrons. The zero-order valence-electron chi connectivity index (χ0n) is 51.3. The molecule has 4 aromatic rings. The van der Waals surface area contributed by atoms with Crippen molar-refractivity contribution < 1.29 is 71.1 Å². The molecule has 0 heterocycles. The molecule has 4 nitrogen and oxygen atoms in total. The van der Waals surface area contributed by atoms with Gasteiger partial charge < -0.3 is 18.4 Å². The lowest BCUT2D eigenvalue weighted by atomic mass is 9.91. The molecule has 0 spiro atoms. The van der Waals surface area contributed by atoms with Crippen molar-refractivity contribution in [2.75, 3.05) is 19.6 Å². The normalized spacial score (nSPS) is 12.7. The lowest BCUT2D eigenvalue weighted by Gasteiger charge is -2.46. The molecule has 0 bridgehead atoms. The molecule has 0 saturated heterocycles. The van der Waals surface area contributed by atoms with Crippen LogP contribution in [-0.4, -0.2) is 31.4 Å². The van der Waals surface area contributed by atoms with Gasteiger partial charge >= 0.3 is 32.0 Å². The Labute approximate surface area is 502 Å². The van der Waals surface area contributed by atoms with E-state index in [1.54, 1.807) is 0 Å². The second kappa shape index (κ2) is 40.8. The van der Waals surface area contributed by atoms with Gasteiger partial charge in [0.15, 0.2) is 0 Å². The average Bonchev–Trinajstić information content (AvgIpc) is 3.57. The Morgan fingerprint density at radius 1 is 0.353 bits per heavy atom. The summed E-state index contributed by atoms with van der Waals surface area (Å²) in [6.45, 7) is 11.1. The first-order valence-electron chi connectivity index (χ1n) is 32.0. The van der Waals surface area contributed by atoms with Gasteiger partial charge in [-0.2, -0.15) is 83.0 Å². The topological polar surface area (TPSA) is 27.7 Å². The third-order valence-corrected chi connectivity index (χ3v) is 15.9. The van der Waals surface area contributed by atoms with Crippen molar-refractivity contribution in [3.63, 3.8) is 0 Å². The molecular weight excluding hydrogens is 1120 g/mol. The first-order valence-corrected chi connectivity index (χ1v) is 32.0. The molecular formula is C68H98BF12NO3. The van der Waals surface area contributed by atoms with Crippen molar-refractivity contribution in [2.24, 2.45) is 0 Å². The van der Waals surface area contributed by atoms with Crippen LogP contribution in [0.15, 0.2) is 91.0 Å². The van der Waals surface area contributed by atoms with Gasteiger partial charge in [0, 0.05) is 6.42 Å². The standard InChI is InChI=1S/C61H94BF9NO3.C7H4F3/c1-5-9-13-17-21-22-23-24-25-26-27-28-32-36-57(72(47-33-29-18-14-10-6-2,48-34-30-19-15-11-7-3)49-35-31-20-16-12-8-4)56-50-53(61(69,70)71)41-46-58(56)75-62(73-54-42-37-51(38-43-54)59(63,64)65)74-55-44-39-52(40-45-55)60(66,67)68;8-7(9,10)6-4-2-1-3-5-6/h37-46,50,57H,5-36,47-49H2,1-4H3;2-5H/q+1;-1. The maximum absolute atomic E-state index is 15.1. The highest BCUT2D eigenvalue weighted by Gasteiger charge is 2.43. The summed E-state index contributed by atoms with van der Waals surface area (Å²) >= 11 is 0. The molecule has 0 saturated carbocycles. The molecule has 1 unspecified atom stereocenters. The fraction of sp³-hybridized carbons (Fsp3) is 0.647. The second-order valence-corrected chi connectivity index (χ2v) is 23.0. The van der Waals surface area contributed by atoms with Gasteiger partial charge in [0.25, 0.3) is 0 Å². The van der Waals surface area contributed by atoms with E-state index in [-0.39, 0.29) is 17.2 Å². The van der Waals surface area contributed by atoms with Gasteiger partial charge in [-0.15, -0.1) is 0 Å². The van der Waals surface area contributed by atoms with Gasteiger partial charge in [0.05, 0.1) is 41.9 Å². The smallest absolute Gasteiger partial charge is 0.490 e. The van der Waals surface area contributed by atoms with Crippen molar-refractivity contribution in [1.82, 2.24) is 0 Å². The van der Waals surface area contributed by atoms with E-state index < -0.39 is 60.3 Å². The number of hydrogen-bond donors (Lipinski definition) is 0. The number of rotatable bonds is 43. The van der Waals surface area contributed by atoms with Crippen LogP contribution < -0.4 is 14.0 Å². The Kier molecular flexibility index (Phi) is 35.9. The zero-order valence-corrected chi connectivity index (χ0v) is 51.3. The van der Waals surface area contributed by atoms with Crippen LogP contribution in [0.2, 0.25) is 0 Å². The van der Waals surface area contributed by atoms with Gasteiger partial charge in [-0.25, -0.2) is 0 Å². The minimum atomic E-state index is -4.70. The Morgan fingerprint density at radius 3 is 0.965 bits per heavy atom. The molecule has 0 N–H and O–H groups in total. The van der Waals surface area contributed by atoms with Gasteiger partial charge in [0.2, 0.25) is 0 Å². The Balaban J connectivity index is 0.00000170. The van der Waals surface area contributed by atoms with Crippen molar-refractivity contribution in [1.29, 1.82) is 0 Å². The molecule has 0 aliphatic heterocycles. The van der Waals surface area contributed by atoms with E-state index in [1.807, 2.05) is 0 Å². The van der Waals surface area contributed by atoms with E-state index in [9.17, 15) is 39.5 Å². The van der Waals surface area contributed by atoms with Crippen LogP contribution in [-0.2, 0) is 24.7 Å². The van der Waals surface area contributed by atoms with E-state index in [4.69, 9.17) is 14.0 Å². The van der Waals surface area contributed by atoms with Crippen LogP contribution in [0, 0.1) is 6.07 Å². The summed E-state index contributed by atoms with van der Waals surface area (Å²) in [5, 5.41) is 0. The third-order valence-electron chi connectivity index (χ3n) is 15.9. The van der Waals surface area contributed by atoms with Crippen LogP contribution in [0.4, 0.5) is 52.7 Å². The van der Waals surface area contributed by atoms with Crippen LogP contribution >= 0.6 is 0 Å². The lowest BCUT2D eigenvalue weighted by molar-refractivity contribution is -0.958. The maximum Gasteiger partial charge on any atom is 0.864 e. The van der Waals surface area contributed by atoms with Crippen molar-refractivity contribution in [2.45, 2.75) is 264 Å². The summed E-state index contributed by atoms with van der Waals surface area (Å²) < 4.78 is 182. The van der Waals surface area contributed by atoms with E-state index in [1.165, 1.54) is 75.6 Å². The van der Waals surface area contributed by atoms with Crippen molar-refractivity contribution in [3.05, 3.63) is 125 Å². The van der Waals surface area contributed by atoms with Crippen LogP contribution in [0.25, 0.3) is 0 Å². The van der Waals surface area contributed by atoms with E-state index in [0.29, 0.717) is 16.5 Å². The van der Waals surface area contributed by atoms with Gasteiger partial charge in [-0.1, -0.05) is 187 Å². The fourth-order valence-corrected chi connectivity index (χ4v) is 11.0. The number of nitrogens with zero attached hydrogens (tertiary/aromatic N) is 1. The highest BCUT2D eigenvalue weighted by atomic mass is 19.4. The number of unbranched alkanes of at least 4 members (excludes halogenated alkanes) is 27. The molecule has 0 aromatic heterocycles. The number of quaternary nitrogens is 1. The quantitative estimate of drug-likeness (QED) is 0.0145. The summed E-state index contributed by atoms with van der Waals surface area (Å²) in [4.78, 5) is 0. The van der Waals surface area contributed by atoms with Gasteiger partial charge in [0.1, 0.15) is 23.3 Å². The Morgan fingerprint density at radius 2 is 0.647 bits per heavy atom. The summed E-state index contributed by atoms with van der Waals surface area (Å²) in [6.07, 6.45) is 16.6. The highest BCUT2D eigenvalue weighted by molar-refractivity contribution is 6.39. The minimum Gasteiger partial charge on any atom is -0.490 e. The number of hydrogen-bond acceptors (Lipinski definition) is 3. The molecule has 0 amide bonds. The SMILES string of the molecule is CCCCCCCCCCCCCCCC(c1cc(C(F)(F)F)ccc1OB(Oc1ccc(C(F)(F)F)cc1)Oc1ccc(C(F)(F)F)cc1)[N+](CCCCCCCC)(CCCCCCCC)CCCCCCCC.FC(F)(F)c1cc[c-]cc1. The molecule has 4 aromatic carbocycles. The zero-order chi connectivity index (χ0) is 62.5. The molecule has 85 heavy (non-hydrogen) atoms. The van der Waals surface area contributed by atoms with E-state index in [0.717, 1.165) is 234 Å². The molecule has 0 aliphatic carbocycles. The molecule has 17 heteroatoms. The molecule has 480 valence electrons. The summed E-state index contributed by atoms with van der Waals surface area (Å²) in [5.74, 6) is -0.171. The molecule has 0 fully saturated rings. The number of benzene rings is 4. The third kappa shape index (κ3) is 30.8. The first-order chi connectivity index (χ1) is 40.6. The minimum absolute atomic E-state index is 0.0582. The van der Waals surface area contributed by atoms with Crippen molar-refractivity contribution >= 4 is 7.32 Å². The maximum atomic E-state index is 15.1.